The third kappa shape index (κ3) is 2.11. The number of nitrogens with one attached hydrogen (secondary N) is 1. The fourth-order valence-electron chi connectivity index (χ4n) is 2.33. The first-order chi connectivity index (χ1) is 10.4. The predicted octanol–water partition coefficient (Wildman–Crippen LogP) is 2.80. The van der Waals surface area contributed by atoms with Crippen molar-refractivity contribution in [2.24, 2.45) is 5.11 Å². The summed E-state index contributed by atoms with van der Waals surface area (Å²) in [7, 11) is 0. The summed E-state index contributed by atoms with van der Waals surface area (Å²) in [5.41, 5.74) is 9.49. The molecule has 1 heterocycles. The van der Waals surface area contributed by atoms with Gasteiger partial charge in [-0.25, -0.2) is 0 Å². The highest BCUT2D eigenvalue weighted by atomic mass is 15.5. The molecule has 21 heavy (non-hydrogen) atoms. The molecule has 0 bridgehead atoms. The lowest BCUT2D eigenvalue weighted by molar-refractivity contribution is 0.599. The van der Waals surface area contributed by atoms with Crippen molar-refractivity contribution in [1.82, 2.24) is 20.6 Å². The minimum atomic E-state index is -1.15. The summed E-state index contributed by atoms with van der Waals surface area (Å²) >= 11 is 0. The maximum atomic E-state index is 9.10. The topological polar surface area (TPSA) is 103 Å². The fourth-order valence-corrected chi connectivity index (χ4v) is 2.33. The van der Waals surface area contributed by atoms with Gasteiger partial charge in [0.1, 0.15) is 0 Å². The molecule has 2 aromatic carbocycles. The number of H-pyrrole nitrogens is 1. The van der Waals surface area contributed by atoms with E-state index in [0.717, 1.165) is 11.1 Å². The Morgan fingerprint density at radius 1 is 0.952 bits per heavy atom. The summed E-state index contributed by atoms with van der Waals surface area (Å²) in [5, 5.41) is 18.2. The summed E-state index contributed by atoms with van der Waals surface area (Å²) in [6, 6.07) is 18.8. The number of benzene rings is 2. The van der Waals surface area contributed by atoms with Crippen LogP contribution in [0.4, 0.5) is 0 Å². The van der Waals surface area contributed by atoms with Crippen molar-refractivity contribution in [2.75, 3.05) is 0 Å². The van der Waals surface area contributed by atoms with Gasteiger partial charge in [-0.05, 0) is 16.7 Å². The normalized spacial score (nSPS) is 10.9. The van der Waals surface area contributed by atoms with Gasteiger partial charge in [0, 0.05) is 4.91 Å². The molecule has 0 aliphatic carbocycles. The number of nitrogens with zero attached hydrogens (tertiary/aromatic N) is 6. The van der Waals surface area contributed by atoms with Crippen LogP contribution in [-0.2, 0) is 5.54 Å². The molecule has 0 aliphatic rings. The van der Waals surface area contributed by atoms with Gasteiger partial charge in [0.25, 0.3) is 0 Å². The molecular weight excluding hydrogens is 266 g/mol. The standard InChI is InChI=1S/C14H11N7/c15-19-18-14(13-16-20-21-17-13,11-7-3-1-4-8-11)12-9-5-2-6-10-12/h1-10H,(H,16,17,20,21). The van der Waals surface area contributed by atoms with Gasteiger partial charge in [0.2, 0.25) is 0 Å². The van der Waals surface area contributed by atoms with Crippen molar-refractivity contribution >= 4 is 0 Å². The molecule has 0 spiro atoms. The maximum Gasteiger partial charge on any atom is 0.195 e. The van der Waals surface area contributed by atoms with Crippen LogP contribution < -0.4 is 0 Å². The summed E-state index contributed by atoms with van der Waals surface area (Å²) in [5.74, 6) is 0.303. The molecule has 0 saturated carbocycles. The second-order valence-electron chi connectivity index (χ2n) is 4.37. The van der Waals surface area contributed by atoms with E-state index in [1.165, 1.54) is 0 Å². The SMILES string of the molecule is [N-]=[N+]=NC(c1ccccc1)(c1ccccc1)c1nn[nH]n1. The Hall–Kier alpha value is -3.18. The largest absolute Gasteiger partial charge is 0.195 e. The van der Waals surface area contributed by atoms with Crippen LogP contribution in [0.3, 0.4) is 0 Å². The molecule has 1 aromatic heterocycles. The molecular formula is C14H11N7. The number of aromatic nitrogens is 4. The zero-order chi connectivity index (χ0) is 14.5. The molecule has 0 amide bonds. The minimum absolute atomic E-state index is 0.303. The van der Waals surface area contributed by atoms with E-state index in [0.29, 0.717) is 5.82 Å². The zero-order valence-corrected chi connectivity index (χ0v) is 11.0. The van der Waals surface area contributed by atoms with Crippen LogP contribution in [0.1, 0.15) is 17.0 Å². The highest BCUT2D eigenvalue weighted by Crippen LogP contribution is 2.38. The fraction of sp³-hybridized carbons (Fsp3) is 0.0714. The summed E-state index contributed by atoms with van der Waals surface area (Å²) in [6.07, 6.45) is 0. The molecule has 0 fully saturated rings. The van der Waals surface area contributed by atoms with Crippen molar-refractivity contribution in [3.05, 3.63) is 88.1 Å². The van der Waals surface area contributed by atoms with Crippen LogP contribution >= 0.6 is 0 Å². The number of rotatable bonds is 4. The third-order valence-electron chi connectivity index (χ3n) is 3.25. The Balaban J connectivity index is 2.35. The van der Waals surface area contributed by atoms with Gasteiger partial charge in [-0.15, -0.1) is 10.2 Å². The Bertz CT molecular complexity index is 707. The molecule has 1 N–H and O–H groups in total. The zero-order valence-electron chi connectivity index (χ0n) is 11.0. The van der Waals surface area contributed by atoms with Crippen molar-refractivity contribution in [3.63, 3.8) is 0 Å². The molecule has 7 nitrogen and oxygen atoms in total. The molecule has 3 aromatic rings. The molecule has 0 aliphatic heterocycles. The van der Waals surface area contributed by atoms with E-state index in [2.05, 4.69) is 30.7 Å². The first-order valence-electron chi connectivity index (χ1n) is 6.29. The highest BCUT2D eigenvalue weighted by molar-refractivity contribution is 5.44. The van der Waals surface area contributed by atoms with Crippen LogP contribution in [0.2, 0.25) is 0 Å². The molecule has 0 radical (unpaired) electrons. The predicted molar refractivity (Wildman–Crippen MR) is 76.1 cm³/mol. The Morgan fingerprint density at radius 3 is 1.95 bits per heavy atom. The van der Waals surface area contributed by atoms with Crippen molar-refractivity contribution in [1.29, 1.82) is 0 Å². The molecule has 0 unspecified atom stereocenters. The third-order valence-corrected chi connectivity index (χ3v) is 3.25. The minimum Gasteiger partial charge on any atom is -0.177 e. The number of hydrogen-bond acceptors (Lipinski definition) is 4. The quantitative estimate of drug-likeness (QED) is 0.450. The van der Waals surface area contributed by atoms with Gasteiger partial charge in [-0.3, -0.25) is 0 Å². The van der Waals surface area contributed by atoms with Gasteiger partial charge in [0.05, 0.1) is 0 Å². The van der Waals surface area contributed by atoms with Crippen LogP contribution in [0.5, 0.6) is 0 Å². The monoisotopic (exact) mass is 277 g/mol. The second-order valence-corrected chi connectivity index (χ2v) is 4.37. The van der Waals surface area contributed by atoms with Crippen LogP contribution in [0.15, 0.2) is 65.8 Å². The van der Waals surface area contributed by atoms with E-state index in [-0.39, 0.29) is 0 Å². The Labute approximate surface area is 120 Å². The molecule has 3 rings (SSSR count). The smallest absolute Gasteiger partial charge is 0.177 e. The van der Waals surface area contributed by atoms with Gasteiger partial charge in [0.15, 0.2) is 11.4 Å². The Morgan fingerprint density at radius 2 is 1.52 bits per heavy atom. The van der Waals surface area contributed by atoms with Crippen molar-refractivity contribution in [3.8, 4) is 0 Å². The summed E-state index contributed by atoms with van der Waals surface area (Å²) in [6.45, 7) is 0. The lowest BCUT2D eigenvalue weighted by Crippen LogP contribution is -2.28. The van der Waals surface area contributed by atoms with Crippen molar-refractivity contribution in [2.45, 2.75) is 5.54 Å². The average molecular weight is 277 g/mol. The van der Waals surface area contributed by atoms with E-state index in [1.54, 1.807) is 0 Å². The number of tetrazole rings is 1. The van der Waals surface area contributed by atoms with Gasteiger partial charge >= 0.3 is 0 Å². The highest BCUT2D eigenvalue weighted by Gasteiger charge is 2.39. The van der Waals surface area contributed by atoms with Gasteiger partial charge < -0.3 is 0 Å². The lowest BCUT2D eigenvalue weighted by atomic mass is 9.83. The maximum absolute atomic E-state index is 9.10. The van der Waals surface area contributed by atoms with Crippen LogP contribution in [0.25, 0.3) is 10.4 Å². The van der Waals surface area contributed by atoms with Gasteiger partial charge in [-0.2, -0.15) is 5.21 Å². The number of aromatic amines is 1. The average Bonchev–Trinajstić information content (AvgIpc) is 3.09. The molecule has 102 valence electrons. The summed E-state index contributed by atoms with van der Waals surface area (Å²) < 4.78 is 0. The van der Waals surface area contributed by atoms with E-state index in [1.807, 2.05) is 60.7 Å². The van der Waals surface area contributed by atoms with Crippen molar-refractivity contribution < 1.29 is 0 Å². The number of azide groups is 1. The second kappa shape index (κ2) is 5.44. The molecule has 7 heteroatoms. The van der Waals surface area contributed by atoms with Crippen LogP contribution in [0, 0.1) is 0 Å². The molecule has 0 saturated heterocycles. The molecule has 0 atom stereocenters. The van der Waals surface area contributed by atoms with E-state index in [9.17, 15) is 0 Å². The first-order valence-corrected chi connectivity index (χ1v) is 6.29. The van der Waals surface area contributed by atoms with Crippen LogP contribution in [-0.4, -0.2) is 20.6 Å². The summed E-state index contributed by atoms with van der Waals surface area (Å²) in [4.78, 5) is 3.02. The van der Waals surface area contributed by atoms with Gasteiger partial charge in [-0.1, -0.05) is 71.0 Å². The van der Waals surface area contributed by atoms with E-state index >= 15 is 0 Å². The Kier molecular flexibility index (Phi) is 3.32. The van der Waals surface area contributed by atoms with E-state index in [4.69, 9.17) is 5.53 Å². The van der Waals surface area contributed by atoms with E-state index < -0.39 is 5.54 Å². The number of hydrogen-bond donors (Lipinski definition) is 1. The lowest BCUT2D eigenvalue weighted by Gasteiger charge is -2.26. The first kappa shape index (κ1) is 12.8.